The van der Waals surface area contributed by atoms with E-state index in [1.807, 2.05) is 33.8 Å². The molecule has 2 N–H and O–H groups in total. The van der Waals surface area contributed by atoms with Crippen molar-refractivity contribution in [2.24, 2.45) is 12.5 Å². The van der Waals surface area contributed by atoms with Gasteiger partial charge >= 0.3 is 10.3 Å². The van der Waals surface area contributed by atoms with Crippen LogP contribution in [0.4, 0.5) is 11.4 Å². The summed E-state index contributed by atoms with van der Waals surface area (Å²) in [6.45, 7) is 7.85. The van der Waals surface area contributed by atoms with Crippen LogP contribution >= 0.6 is 11.6 Å². The number of hydrogen-bond donors (Lipinski definition) is 2. The van der Waals surface area contributed by atoms with Crippen molar-refractivity contribution in [2.75, 3.05) is 11.4 Å². The summed E-state index contributed by atoms with van der Waals surface area (Å²) in [5.74, 6) is -0.502. The van der Waals surface area contributed by atoms with E-state index in [1.165, 1.54) is 28.9 Å². The van der Waals surface area contributed by atoms with Crippen molar-refractivity contribution >= 4 is 44.8 Å². The van der Waals surface area contributed by atoms with Gasteiger partial charge in [-0.3, -0.25) is 14.0 Å². The molecule has 9 nitrogen and oxygen atoms in total. The number of nitrogens with zero attached hydrogens (tertiary/aromatic N) is 3. The molecule has 2 unspecified atom stereocenters. The highest BCUT2D eigenvalue weighted by molar-refractivity contribution is 7.87. The van der Waals surface area contributed by atoms with Gasteiger partial charge in [0, 0.05) is 25.2 Å². The van der Waals surface area contributed by atoms with Crippen LogP contribution in [0.25, 0.3) is 5.57 Å². The fourth-order valence-electron chi connectivity index (χ4n) is 3.85. The first-order valence-corrected chi connectivity index (χ1v) is 13.1. The molecule has 1 amide bonds. The Kier molecular flexibility index (Phi) is 8.00. The van der Waals surface area contributed by atoms with E-state index in [1.54, 1.807) is 14.2 Å². The second kappa shape index (κ2) is 10.3. The first-order chi connectivity index (χ1) is 16.2. The van der Waals surface area contributed by atoms with Gasteiger partial charge in [0.2, 0.25) is 0 Å². The molecule has 2 atom stereocenters. The van der Waals surface area contributed by atoms with E-state index in [0.29, 0.717) is 30.0 Å². The molecule has 0 saturated carbocycles. The van der Waals surface area contributed by atoms with Crippen molar-refractivity contribution < 1.29 is 22.5 Å². The van der Waals surface area contributed by atoms with Crippen LogP contribution in [-0.2, 0) is 22.1 Å². The van der Waals surface area contributed by atoms with Crippen molar-refractivity contribution in [3.8, 4) is 0 Å². The van der Waals surface area contributed by atoms with Crippen LogP contribution in [0.15, 0.2) is 30.3 Å². The summed E-state index contributed by atoms with van der Waals surface area (Å²) < 4.78 is 43.4. The fraction of sp³-hybridized carbons (Fsp3) is 0.500. The lowest BCUT2D eigenvalue weighted by atomic mass is 9.88. The number of carbonyl (C=O) groups excluding carboxylic acids is 1. The molecule has 0 bridgehead atoms. The largest absolute Gasteiger partial charge is 0.381 e. The minimum absolute atomic E-state index is 0.0124. The van der Waals surface area contributed by atoms with E-state index < -0.39 is 16.2 Å². The van der Waals surface area contributed by atoms with Crippen molar-refractivity contribution in [3.63, 3.8) is 0 Å². The van der Waals surface area contributed by atoms with Gasteiger partial charge < -0.3 is 10.1 Å². The highest BCUT2D eigenvalue weighted by Crippen LogP contribution is 2.40. The monoisotopic (exact) mass is 524 g/mol. The van der Waals surface area contributed by atoms with E-state index in [-0.39, 0.29) is 34.6 Å². The lowest BCUT2D eigenvalue weighted by Gasteiger charge is -2.29. The topological polar surface area (TPSA) is 114 Å². The van der Waals surface area contributed by atoms with Crippen molar-refractivity contribution in [3.05, 3.63) is 46.8 Å². The average Bonchev–Trinajstić information content (AvgIpc) is 3.10. The zero-order chi connectivity index (χ0) is 26.1. The standard InChI is InChI=1S/C24H33ClN4O5S/c1-15(24(2,3)4)26-23(30)22-21(29(35(31,32)33)18-11-9-17(25)10-12-18)20(27-28(22)5)16-7-13-19(34-6)14-8-16/h7,9-12,15,19H,8,13-14H2,1-6H3,(H,26,30)(H,31,32,33). The first-order valence-electron chi connectivity index (χ1n) is 11.4. The molecule has 1 heterocycles. The van der Waals surface area contributed by atoms with Gasteiger partial charge in [-0.15, -0.1) is 0 Å². The van der Waals surface area contributed by atoms with Gasteiger partial charge in [0.05, 0.1) is 11.8 Å². The Hall–Kier alpha value is -2.40. The van der Waals surface area contributed by atoms with Crippen LogP contribution in [0.2, 0.25) is 5.02 Å². The van der Waals surface area contributed by atoms with Gasteiger partial charge in [-0.25, -0.2) is 4.31 Å². The quantitative estimate of drug-likeness (QED) is 0.505. The normalized spacial score (nSPS) is 17.6. The number of anilines is 2. The molecule has 1 aliphatic carbocycles. The molecule has 1 aromatic carbocycles. The number of allylic oxidation sites excluding steroid dienone is 1. The highest BCUT2D eigenvalue weighted by atomic mass is 35.5. The number of methoxy groups -OCH3 is 1. The van der Waals surface area contributed by atoms with Gasteiger partial charge in [0.25, 0.3) is 5.91 Å². The van der Waals surface area contributed by atoms with E-state index in [2.05, 4.69) is 10.4 Å². The SMILES string of the molecule is COC1CC=C(c2nn(C)c(C(=O)NC(C)C(C)(C)C)c2N(c2ccc(Cl)cc2)S(=O)(=O)O)CC1. The number of carbonyl (C=O) groups is 1. The summed E-state index contributed by atoms with van der Waals surface area (Å²) in [6.07, 6.45) is 3.90. The van der Waals surface area contributed by atoms with Crippen LogP contribution in [-0.4, -0.2) is 47.9 Å². The van der Waals surface area contributed by atoms with Gasteiger partial charge in [0.1, 0.15) is 11.4 Å². The van der Waals surface area contributed by atoms with Crippen LogP contribution < -0.4 is 9.62 Å². The van der Waals surface area contributed by atoms with Crippen molar-refractivity contribution in [2.45, 2.75) is 59.1 Å². The molecule has 0 spiro atoms. The third-order valence-electron chi connectivity index (χ3n) is 6.38. The first kappa shape index (κ1) is 27.2. The zero-order valence-electron chi connectivity index (χ0n) is 20.9. The third-order valence-corrected chi connectivity index (χ3v) is 7.49. The number of rotatable bonds is 7. The molecule has 1 aliphatic rings. The Bertz CT molecular complexity index is 1220. The maximum absolute atomic E-state index is 13.5. The van der Waals surface area contributed by atoms with Gasteiger partial charge in [-0.1, -0.05) is 38.4 Å². The molecule has 3 rings (SSSR count). The molecule has 35 heavy (non-hydrogen) atoms. The predicted molar refractivity (Wildman–Crippen MR) is 137 cm³/mol. The Morgan fingerprint density at radius 2 is 1.94 bits per heavy atom. The Morgan fingerprint density at radius 1 is 1.31 bits per heavy atom. The molecule has 1 aromatic heterocycles. The third kappa shape index (κ3) is 6.06. The number of benzene rings is 1. The molecule has 0 saturated heterocycles. The predicted octanol–water partition coefficient (Wildman–Crippen LogP) is 4.76. The smallest absolute Gasteiger partial charge is 0.364 e. The molecule has 0 fully saturated rings. The summed E-state index contributed by atoms with van der Waals surface area (Å²) in [6, 6.07) is 5.71. The number of nitrogens with one attached hydrogen (secondary N) is 1. The van der Waals surface area contributed by atoms with Crippen molar-refractivity contribution in [1.29, 1.82) is 0 Å². The maximum Gasteiger partial charge on any atom is 0.364 e. The zero-order valence-corrected chi connectivity index (χ0v) is 22.4. The van der Waals surface area contributed by atoms with Crippen LogP contribution in [0.1, 0.15) is 63.1 Å². The minimum atomic E-state index is -4.86. The summed E-state index contributed by atoms with van der Waals surface area (Å²) in [7, 11) is -1.63. The molecule has 0 aliphatic heterocycles. The minimum Gasteiger partial charge on any atom is -0.381 e. The number of halogens is 1. The number of hydrogen-bond acceptors (Lipinski definition) is 5. The van der Waals surface area contributed by atoms with E-state index in [0.717, 1.165) is 9.88 Å². The van der Waals surface area contributed by atoms with Crippen molar-refractivity contribution in [1.82, 2.24) is 15.1 Å². The second-order valence-corrected chi connectivity index (χ2v) is 11.5. The summed E-state index contributed by atoms with van der Waals surface area (Å²) in [5, 5.41) is 7.91. The number of aromatic nitrogens is 2. The van der Waals surface area contributed by atoms with E-state index in [9.17, 15) is 17.8 Å². The molecule has 11 heteroatoms. The highest BCUT2D eigenvalue weighted by Gasteiger charge is 2.36. The lowest BCUT2D eigenvalue weighted by Crippen LogP contribution is -2.42. The van der Waals surface area contributed by atoms with Gasteiger partial charge in [0.15, 0.2) is 5.69 Å². The maximum atomic E-state index is 13.5. The Labute approximate surface area is 212 Å². The lowest BCUT2D eigenvalue weighted by molar-refractivity contribution is 0.0901. The molecule has 192 valence electrons. The summed E-state index contributed by atoms with van der Waals surface area (Å²) in [4.78, 5) is 13.5. The molecule has 0 radical (unpaired) electrons. The Balaban J connectivity index is 2.25. The van der Waals surface area contributed by atoms with Crippen LogP contribution in [0.3, 0.4) is 0 Å². The molecular weight excluding hydrogens is 492 g/mol. The summed E-state index contributed by atoms with van der Waals surface area (Å²) >= 11 is 6.01. The second-order valence-electron chi connectivity index (χ2n) is 9.81. The summed E-state index contributed by atoms with van der Waals surface area (Å²) in [5.41, 5.74) is 0.960. The number of ether oxygens (including phenoxy) is 1. The van der Waals surface area contributed by atoms with Gasteiger partial charge in [-0.2, -0.15) is 13.5 Å². The fourth-order valence-corrected chi connectivity index (χ4v) is 4.77. The number of aryl methyl sites for hydroxylation is 1. The van der Waals surface area contributed by atoms with E-state index in [4.69, 9.17) is 16.3 Å². The Morgan fingerprint density at radius 3 is 2.43 bits per heavy atom. The molecular formula is C24H33ClN4O5S. The molecule has 2 aromatic rings. The van der Waals surface area contributed by atoms with Crippen LogP contribution in [0, 0.1) is 5.41 Å². The van der Waals surface area contributed by atoms with Gasteiger partial charge in [-0.05, 0) is 61.4 Å². The average molecular weight is 525 g/mol. The van der Waals surface area contributed by atoms with Crippen LogP contribution in [0.5, 0.6) is 0 Å². The van der Waals surface area contributed by atoms with E-state index >= 15 is 0 Å². The number of amides is 1.